The van der Waals surface area contributed by atoms with Gasteiger partial charge in [0.25, 0.3) is 5.91 Å². The highest BCUT2D eigenvalue weighted by molar-refractivity contribution is 9.10. The highest BCUT2D eigenvalue weighted by Crippen LogP contribution is 2.24. The van der Waals surface area contributed by atoms with Gasteiger partial charge in [0.2, 0.25) is 0 Å². The number of hydrogen-bond donors (Lipinski definition) is 1. The number of benzene rings is 1. The van der Waals surface area contributed by atoms with Gasteiger partial charge in [-0.25, -0.2) is 0 Å². The normalized spacial score (nSPS) is 10.3. The van der Waals surface area contributed by atoms with Crippen LogP contribution >= 0.6 is 15.9 Å². The number of aromatic hydroxyl groups is 1. The molecule has 17 heavy (non-hydrogen) atoms. The monoisotopic (exact) mass is 299 g/mol. The molecule has 0 aliphatic carbocycles. The van der Waals surface area contributed by atoms with Gasteiger partial charge in [-0.3, -0.25) is 4.79 Å². The Morgan fingerprint density at radius 1 is 1.29 bits per heavy atom. The maximum Gasteiger partial charge on any atom is 0.253 e. The summed E-state index contributed by atoms with van der Waals surface area (Å²) in [5.41, 5.74) is 0.535. The summed E-state index contributed by atoms with van der Waals surface area (Å²) in [6, 6.07) is 4.92. The van der Waals surface area contributed by atoms with E-state index in [1.165, 1.54) is 6.07 Å². The minimum atomic E-state index is -0.0171. The molecule has 1 amide bonds. The van der Waals surface area contributed by atoms with Gasteiger partial charge in [-0.1, -0.05) is 13.8 Å². The number of nitrogens with zero attached hydrogens (tertiary/aromatic N) is 1. The van der Waals surface area contributed by atoms with Crippen molar-refractivity contribution in [3.8, 4) is 5.75 Å². The molecule has 4 heteroatoms. The fourth-order valence-electron chi connectivity index (χ4n) is 1.68. The van der Waals surface area contributed by atoms with E-state index in [9.17, 15) is 9.90 Å². The maximum atomic E-state index is 12.2. The van der Waals surface area contributed by atoms with Crippen LogP contribution in [0.25, 0.3) is 0 Å². The van der Waals surface area contributed by atoms with E-state index in [0.29, 0.717) is 10.0 Å². The number of rotatable bonds is 5. The smallest absolute Gasteiger partial charge is 0.253 e. The predicted molar refractivity (Wildman–Crippen MR) is 72.3 cm³/mol. The van der Waals surface area contributed by atoms with Gasteiger partial charge in [0.15, 0.2) is 0 Å². The minimum absolute atomic E-state index is 0.0171. The number of hydrogen-bond acceptors (Lipinski definition) is 2. The quantitative estimate of drug-likeness (QED) is 0.905. The summed E-state index contributed by atoms with van der Waals surface area (Å²) in [4.78, 5) is 14.0. The first-order valence-corrected chi connectivity index (χ1v) is 6.67. The van der Waals surface area contributed by atoms with Gasteiger partial charge in [0, 0.05) is 18.7 Å². The molecule has 0 bridgehead atoms. The van der Waals surface area contributed by atoms with Crippen molar-refractivity contribution in [3.05, 3.63) is 28.2 Å². The molecule has 3 nitrogen and oxygen atoms in total. The number of phenolic OH excluding ortho intramolecular Hbond substituents is 1. The van der Waals surface area contributed by atoms with Crippen molar-refractivity contribution in [2.45, 2.75) is 26.7 Å². The van der Waals surface area contributed by atoms with Gasteiger partial charge in [0.05, 0.1) is 4.47 Å². The second kappa shape index (κ2) is 6.64. The van der Waals surface area contributed by atoms with Gasteiger partial charge in [-0.15, -0.1) is 0 Å². The van der Waals surface area contributed by atoms with E-state index >= 15 is 0 Å². The van der Waals surface area contributed by atoms with Crippen LogP contribution in [0.1, 0.15) is 37.0 Å². The van der Waals surface area contributed by atoms with Crippen molar-refractivity contribution in [1.29, 1.82) is 0 Å². The van der Waals surface area contributed by atoms with Crippen LogP contribution in [0.3, 0.4) is 0 Å². The Balaban J connectivity index is 2.88. The molecule has 0 aliphatic rings. The summed E-state index contributed by atoms with van der Waals surface area (Å²) in [7, 11) is 0. The lowest BCUT2D eigenvalue weighted by molar-refractivity contribution is 0.0755. The molecule has 0 atom stereocenters. The second-order valence-electron chi connectivity index (χ2n) is 3.96. The molecule has 0 saturated heterocycles. The van der Waals surface area contributed by atoms with E-state index in [-0.39, 0.29) is 11.7 Å². The minimum Gasteiger partial charge on any atom is -0.507 e. The fraction of sp³-hybridized carbons (Fsp3) is 0.462. The average Bonchev–Trinajstić information content (AvgIpc) is 2.31. The summed E-state index contributed by atoms with van der Waals surface area (Å²) >= 11 is 3.20. The van der Waals surface area contributed by atoms with Crippen LogP contribution < -0.4 is 0 Å². The molecule has 0 unspecified atom stereocenters. The molecule has 1 N–H and O–H groups in total. The molecule has 0 fully saturated rings. The van der Waals surface area contributed by atoms with Crippen LogP contribution in [0.15, 0.2) is 22.7 Å². The predicted octanol–water partition coefficient (Wildman–Crippen LogP) is 3.42. The summed E-state index contributed by atoms with van der Waals surface area (Å²) in [5, 5.41) is 9.57. The Morgan fingerprint density at radius 2 is 1.88 bits per heavy atom. The topological polar surface area (TPSA) is 40.5 Å². The van der Waals surface area contributed by atoms with Crippen LogP contribution in [0, 0.1) is 0 Å². The van der Waals surface area contributed by atoms with E-state index in [2.05, 4.69) is 29.8 Å². The zero-order chi connectivity index (χ0) is 12.8. The van der Waals surface area contributed by atoms with E-state index in [0.717, 1.165) is 25.9 Å². The number of amides is 1. The molecule has 0 heterocycles. The molecule has 1 aromatic carbocycles. The highest BCUT2D eigenvalue weighted by atomic mass is 79.9. The van der Waals surface area contributed by atoms with Crippen molar-refractivity contribution in [2.75, 3.05) is 13.1 Å². The van der Waals surface area contributed by atoms with Crippen LogP contribution in [-0.4, -0.2) is 29.0 Å². The molecule has 0 aliphatic heterocycles. The third-order valence-corrected chi connectivity index (χ3v) is 3.14. The van der Waals surface area contributed by atoms with Crippen molar-refractivity contribution in [1.82, 2.24) is 4.90 Å². The number of halogens is 1. The number of carbonyl (C=O) groups is 1. The highest BCUT2D eigenvalue weighted by Gasteiger charge is 2.15. The van der Waals surface area contributed by atoms with Crippen LogP contribution in [-0.2, 0) is 0 Å². The molecular weight excluding hydrogens is 282 g/mol. The maximum absolute atomic E-state index is 12.2. The van der Waals surface area contributed by atoms with Gasteiger partial charge < -0.3 is 10.0 Å². The van der Waals surface area contributed by atoms with Gasteiger partial charge in [-0.05, 0) is 47.0 Å². The molecule has 0 saturated carbocycles. The summed E-state index contributed by atoms with van der Waals surface area (Å²) in [5.74, 6) is 0.0836. The first-order valence-electron chi connectivity index (χ1n) is 5.88. The first-order chi connectivity index (χ1) is 8.10. The first kappa shape index (κ1) is 14.0. The molecule has 0 radical (unpaired) electrons. The zero-order valence-corrected chi connectivity index (χ0v) is 11.8. The van der Waals surface area contributed by atoms with Crippen molar-refractivity contribution < 1.29 is 9.90 Å². The van der Waals surface area contributed by atoms with Crippen LogP contribution in [0.2, 0.25) is 0 Å². The van der Waals surface area contributed by atoms with E-state index in [1.54, 1.807) is 12.1 Å². The van der Waals surface area contributed by atoms with Crippen molar-refractivity contribution in [3.63, 3.8) is 0 Å². The number of phenols is 1. The SMILES string of the molecule is CCCN(CCC)C(=O)c1ccc(Br)c(O)c1. The van der Waals surface area contributed by atoms with Crippen LogP contribution in [0.4, 0.5) is 0 Å². The largest absolute Gasteiger partial charge is 0.507 e. The lowest BCUT2D eigenvalue weighted by Crippen LogP contribution is -2.32. The number of carbonyl (C=O) groups excluding carboxylic acids is 1. The molecule has 1 rings (SSSR count). The molecule has 0 aromatic heterocycles. The molecule has 0 spiro atoms. The van der Waals surface area contributed by atoms with E-state index < -0.39 is 0 Å². The Hall–Kier alpha value is -1.03. The summed E-state index contributed by atoms with van der Waals surface area (Å²) < 4.78 is 0.603. The lowest BCUT2D eigenvalue weighted by atomic mass is 10.2. The Morgan fingerprint density at radius 3 is 2.35 bits per heavy atom. The Kier molecular flexibility index (Phi) is 5.48. The van der Waals surface area contributed by atoms with Crippen LogP contribution in [0.5, 0.6) is 5.75 Å². The lowest BCUT2D eigenvalue weighted by Gasteiger charge is -2.21. The standard InChI is InChI=1S/C13H18BrNO2/c1-3-7-15(8-4-2)13(17)10-5-6-11(14)12(16)9-10/h5-6,9,16H,3-4,7-8H2,1-2H3. The van der Waals surface area contributed by atoms with E-state index in [1.807, 2.05) is 4.90 Å². The molecule has 94 valence electrons. The van der Waals surface area contributed by atoms with Gasteiger partial charge >= 0.3 is 0 Å². The molecule has 1 aromatic rings. The van der Waals surface area contributed by atoms with Gasteiger partial charge in [-0.2, -0.15) is 0 Å². The van der Waals surface area contributed by atoms with Crippen molar-refractivity contribution in [2.24, 2.45) is 0 Å². The van der Waals surface area contributed by atoms with Crippen molar-refractivity contribution >= 4 is 21.8 Å². The molecular formula is C13H18BrNO2. The zero-order valence-electron chi connectivity index (χ0n) is 10.2. The Labute approximate surface area is 111 Å². The summed E-state index contributed by atoms with van der Waals surface area (Å²) in [6.07, 6.45) is 1.88. The third-order valence-electron chi connectivity index (χ3n) is 2.47. The second-order valence-corrected chi connectivity index (χ2v) is 4.81. The third kappa shape index (κ3) is 3.73. The van der Waals surface area contributed by atoms with E-state index in [4.69, 9.17) is 0 Å². The average molecular weight is 300 g/mol. The Bertz CT molecular complexity index is 387. The van der Waals surface area contributed by atoms with Gasteiger partial charge in [0.1, 0.15) is 5.75 Å². The summed E-state index contributed by atoms with van der Waals surface area (Å²) in [6.45, 7) is 5.61. The fourth-order valence-corrected chi connectivity index (χ4v) is 1.93.